The molecule has 2 aromatic carbocycles. The lowest BCUT2D eigenvalue weighted by Crippen LogP contribution is -2.35. The molecule has 3 aromatic rings. The fourth-order valence-corrected chi connectivity index (χ4v) is 3.84. The molecule has 29 heavy (non-hydrogen) atoms. The van der Waals surface area contributed by atoms with Crippen molar-refractivity contribution in [3.8, 4) is 17.1 Å². The summed E-state index contributed by atoms with van der Waals surface area (Å²) in [7, 11) is 1.70. The molecule has 4 rings (SSSR count). The average Bonchev–Trinajstić information content (AvgIpc) is 2.78. The third-order valence-electron chi connectivity index (χ3n) is 5.38. The Morgan fingerprint density at radius 3 is 2.66 bits per heavy atom. The largest absolute Gasteiger partial charge is 0.496 e. The van der Waals surface area contributed by atoms with E-state index in [1.54, 1.807) is 7.11 Å². The van der Waals surface area contributed by atoms with E-state index >= 15 is 0 Å². The van der Waals surface area contributed by atoms with Crippen LogP contribution >= 0.6 is 0 Å². The minimum Gasteiger partial charge on any atom is -0.496 e. The summed E-state index contributed by atoms with van der Waals surface area (Å²) in [5.41, 5.74) is 2.13. The summed E-state index contributed by atoms with van der Waals surface area (Å²) in [4.78, 5) is 12.1. The second-order valence-electron chi connectivity index (χ2n) is 7.66. The van der Waals surface area contributed by atoms with Gasteiger partial charge < -0.3 is 15.0 Å². The van der Waals surface area contributed by atoms with Gasteiger partial charge in [-0.15, -0.1) is 0 Å². The smallest absolute Gasteiger partial charge is 0.163 e. The van der Waals surface area contributed by atoms with Crippen molar-refractivity contribution >= 4 is 11.6 Å². The minimum atomic E-state index is 0.644. The Kier molecular flexibility index (Phi) is 5.94. The van der Waals surface area contributed by atoms with Crippen molar-refractivity contribution in [3.63, 3.8) is 0 Å². The molecule has 1 aliphatic rings. The molecule has 1 saturated heterocycles. The molecule has 150 valence electrons. The van der Waals surface area contributed by atoms with Crippen LogP contribution in [-0.4, -0.2) is 30.2 Å². The first-order valence-corrected chi connectivity index (χ1v) is 10.3. The van der Waals surface area contributed by atoms with Crippen LogP contribution in [-0.2, 0) is 6.54 Å². The van der Waals surface area contributed by atoms with E-state index in [4.69, 9.17) is 14.7 Å². The number of anilines is 2. The Bertz CT molecular complexity index is 945. The van der Waals surface area contributed by atoms with E-state index < -0.39 is 0 Å². The quantitative estimate of drug-likeness (QED) is 0.644. The molecule has 0 aliphatic carbocycles. The highest BCUT2D eigenvalue weighted by Gasteiger charge is 2.19. The van der Waals surface area contributed by atoms with Crippen LogP contribution in [0.25, 0.3) is 11.4 Å². The van der Waals surface area contributed by atoms with E-state index in [0.717, 1.165) is 47.4 Å². The highest BCUT2D eigenvalue weighted by atomic mass is 16.5. The van der Waals surface area contributed by atoms with E-state index in [0.29, 0.717) is 12.5 Å². The SMILES string of the molecule is COc1ccccc1CNc1cc(N2CCCC(C)C2)nc(-c2ccccc2)n1. The molecule has 0 saturated carbocycles. The summed E-state index contributed by atoms with van der Waals surface area (Å²) in [6.07, 6.45) is 2.49. The van der Waals surface area contributed by atoms with E-state index in [1.807, 2.05) is 36.4 Å². The summed E-state index contributed by atoms with van der Waals surface area (Å²) >= 11 is 0. The van der Waals surface area contributed by atoms with Crippen LogP contribution in [0.2, 0.25) is 0 Å². The predicted octanol–water partition coefficient (Wildman–Crippen LogP) is 5.00. The molecule has 0 radical (unpaired) electrons. The van der Waals surface area contributed by atoms with Crippen LogP contribution in [0, 0.1) is 5.92 Å². The maximum atomic E-state index is 5.48. The first-order chi connectivity index (χ1) is 14.2. The molecule has 0 amide bonds. The van der Waals surface area contributed by atoms with Crippen LogP contribution in [0.3, 0.4) is 0 Å². The Hall–Kier alpha value is -3.08. The standard InChI is InChI=1S/C24H28N4O/c1-18-9-8-14-28(17-18)23-15-22(25-16-20-12-6-7-13-21(20)29-2)26-24(27-23)19-10-4-3-5-11-19/h3-7,10-13,15,18H,8-9,14,16-17H2,1-2H3,(H,25,26,27). The second kappa shape index (κ2) is 8.95. The third kappa shape index (κ3) is 4.67. The van der Waals surface area contributed by atoms with E-state index in [1.165, 1.54) is 12.8 Å². The number of nitrogens with zero attached hydrogens (tertiary/aromatic N) is 3. The lowest BCUT2D eigenvalue weighted by molar-refractivity contribution is 0.410. The van der Waals surface area contributed by atoms with Gasteiger partial charge in [0.2, 0.25) is 0 Å². The number of rotatable bonds is 6. The molecule has 1 aromatic heterocycles. The van der Waals surface area contributed by atoms with Crippen molar-refractivity contribution in [1.82, 2.24) is 9.97 Å². The first kappa shape index (κ1) is 19.2. The number of aromatic nitrogens is 2. The van der Waals surface area contributed by atoms with Crippen LogP contribution in [0.4, 0.5) is 11.6 Å². The lowest BCUT2D eigenvalue weighted by atomic mass is 10.0. The number of para-hydroxylation sites is 1. The van der Waals surface area contributed by atoms with E-state index in [2.05, 4.69) is 41.4 Å². The van der Waals surface area contributed by atoms with Gasteiger partial charge >= 0.3 is 0 Å². The molecule has 1 N–H and O–H groups in total. The zero-order valence-corrected chi connectivity index (χ0v) is 17.1. The van der Waals surface area contributed by atoms with Gasteiger partial charge in [0, 0.05) is 36.8 Å². The fourth-order valence-electron chi connectivity index (χ4n) is 3.84. The Labute approximate surface area is 172 Å². The van der Waals surface area contributed by atoms with Crippen LogP contribution in [0.15, 0.2) is 60.7 Å². The Morgan fingerprint density at radius 1 is 1.07 bits per heavy atom. The number of methoxy groups -OCH3 is 1. The summed E-state index contributed by atoms with van der Waals surface area (Å²) in [5, 5.41) is 3.48. The lowest BCUT2D eigenvalue weighted by Gasteiger charge is -2.32. The number of hydrogen-bond acceptors (Lipinski definition) is 5. The maximum Gasteiger partial charge on any atom is 0.163 e. The van der Waals surface area contributed by atoms with Crippen LogP contribution < -0.4 is 15.0 Å². The summed E-state index contributed by atoms with van der Waals surface area (Å²) in [6, 6.07) is 20.3. The Morgan fingerprint density at radius 2 is 1.86 bits per heavy atom. The summed E-state index contributed by atoms with van der Waals surface area (Å²) in [6.45, 7) is 5.04. The van der Waals surface area contributed by atoms with Gasteiger partial charge in [0.1, 0.15) is 17.4 Å². The molecular formula is C24H28N4O. The molecule has 5 nitrogen and oxygen atoms in total. The highest BCUT2D eigenvalue weighted by Crippen LogP contribution is 2.27. The number of nitrogens with one attached hydrogen (secondary N) is 1. The normalized spacial score (nSPS) is 16.5. The van der Waals surface area contributed by atoms with Crippen LogP contribution in [0.5, 0.6) is 5.75 Å². The fraction of sp³-hybridized carbons (Fsp3) is 0.333. The second-order valence-corrected chi connectivity index (χ2v) is 7.66. The van der Waals surface area contributed by atoms with Crippen molar-refractivity contribution < 1.29 is 4.74 Å². The summed E-state index contributed by atoms with van der Waals surface area (Å²) in [5.74, 6) is 4.14. The number of ether oxygens (including phenoxy) is 1. The van der Waals surface area contributed by atoms with Crippen molar-refractivity contribution in [2.45, 2.75) is 26.3 Å². The zero-order chi connectivity index (χ0) is 20.1. The molecule has 5 heteroatoms. The minimum absolute atomic E-state index is 0.644. The highest BCUT2D eigenvalue weighted by molar-refractivity contribution is 5.62. The van der Waals surface area contributed by atoms with Crippen molar-refractivity contribution in [1.29, 1.82) is 0 Å². The van der Waals surface area contributed by atoms with Crippen molar-refractivity contribution in [2.75, 3.05) is 30.4 Å². The first-order valence-electron chi connectivity index (χ1n) is 10.3. The molecule has 2 heterocycles. The van der Waals surface area contributed by atoms with Gasteiger partial charge in [0.25, 0.3) is 0 Å². The molecular weight excluding hydrogens is 360 g/mol. The average molecular weight is 389 g/mol. The predicted molar refractivity (Wildman–Crippen MR) is 118 cm³/mol. The molecule has 1 aliphatic heterocycles. The van der Waals surface area contributed by atoms with Crippen molar-refractivity contribution in [3.05, 3.63) is 66.2 Å². The molecule has 0 spiro atoms. The monoisotopic (exact) mass is 388 g/mol. The van der Waals surface area contributed by atoms with Gasteiger partial charge in [0.05, 0.1) is 7.11 Å². The molecule has 0 bridgehead atoms. The maximum absolute atomic E-state index is 5.48. The topological polar surface area (TPSA) is 50.3 Å². The van der Waals surface area contributed by atoms with Gasteiger partial charge in [-0.1, -0.05) is 55.5 Å². The van der Waals surface area contributed by atoms with Gasteiger partial charge in [-0.3, -0.25) is 0 Å². The molecule has 1 unspecified atom stereocenters. The zero-order valence-electron chi connectivity index (χ0n) is 17.1. The van der Waals surface area contributed by atoms with Crippen LogP contribution in [0.1, 0.15) is 25.3 Å². The van der Waals surface area contributed by atoms with Gasteiger partial charge in [-0.25, -0.2) is 9.97 Å². The number of piperidine rings is 1. The van der Waals surface area contributed by atoms with Crippen molar-refractivity contribution in [2.24, 2.45) is 5.92 Å². The Balaban J connectivity index is 1.64. The van der Waals surface area contributed by atoms with Gasteiger partial charge in [-0.2, -0.15) is 0 Å². The summed E-state index contributed by atoms with van der Waals surface area (Å²) < 4.78 is 5.48. The van der Waals surface area contributed by atoms with Gasteiger partial charge in [-0.05, 0) is 24.8 Å². The molecule has 1 atom stereocenters. The van der Waals surface area contributed by atoms with E-state index in [9.17, 15) is 0 Å². The number of hydrogen-bond donors (Lipinski definition) is 1. The third-order valence-corrected chi connectivity index (χ3v) is 5.38. The molecule has 1 fully saturated rings. The van der Waals surface area contributed by atoms with E-state index in [-0.39, 0.29) is 0 Å². The van der Waals surface area contributed by atoms with Gasteiger partial charge in [0.15, 0.2) is 5.82 Å². The number of benzene rings is 2.